The molecule has 12 atom stereocenters. The zero-order chi connectivity index (χ0) is 77.9. The zero-order valence-corrected chi connectivity index (χ0v) is 63.2. The van der Waals surface area contributed by atoms with Crippen LogP contribution in [0.2, 0.25) is 0 Å². The molecule has 0 radical (unpaired) electrons. The molecule has 1 spiro atoms. The van der Waals surface area contributed by atoms with Gasteiger partial charge in [0.05, 0.1) is 25.6 Å². The number of likely N-dealkylation sites (tertiary alicyclic amines) is 1. The van der Waals surface area contributed by atoms with Gasteiger partial charge in [-0.3, -0.25) is 57.5 Å². The van der Waals surface area contributed by atoms with Gasteiger partial charge >= 0.3 is 6.18 Å². The lowest BCUT2D eigenvalue weighted by atomic mass is 9.74. The topological polar surface area (TPSA) is 279 Å². The van der Waals surface area contributed by atoms with Crippen LogP contribution in [0, 0.1) is 29.6 Å². The van der Waals surface area contributed by atoms with E-state index in [0.717, 1.165) is 29.4 Å². The fourth-order valence-corrected chi connectivity index (χ4v) is 16.3. The van der Waals surface area contributed by atoms with Crippen LogP contribution < -0.4 is 16.0 Å². The summed E-state index contributed by atoms with van der Waals surface area (Å²) >= 11 is 0. The van der Waals surface area contributed by atoms with Crippen molar-refractivity contribution >= 4 is 70.9 Å². The number of amides is 12. The van der Waals surface area contributed by atoms with Crippen molar-refractivity contribution in [2.75, 3.05) is 88.2 Å². The van der Waals surface area contributed by atoms with Gasteiger partial charge in [-0.05, 0) is 127 Å². The smallest absolute Gasteiger partial charge is 0.377 e. The van der Waals surface area contributed by atoms with Crippen LogP contribution in [0.25, 0.3) is 0 Å². The Balaban J connectivity index is 1.31. The molecular formula is C73H113F7N12O13. The van der Waals surface area contributed by atoms with Crippen LogP contribution in [-0.2, 0) is 62.3 Å². The molecule has 32 heteroatoms. The summed E-state index contributed by atoms with van der Waals surface area (Å²) in [7, 11) is 8.01. The van der Waals surface area contributed by atoms with E-state index in [0.29, 0.717) is 51.6 Å². The Kier molecular flexibility index (Phi) is 29.7. The summed E-state index contributed by atoms with van der Waals surface area (Å²) in [5.74, 6) is -18.0. The molecule has 3 aliphatic carbocycles. The lowest BCUT2D eigenvalue weighted by Crippen LogP contribution is -2.68. The molecule has 2 bridgehead atoms. The maximum absolute atomic E-state index is 15.5. The van der Waals surface area contributed by atoms with E-state index in [1.807, 2.05) is 13.8 Å². The van der Waals surface area contributed by atoms with Crippen molar-refractivity contribution in [3.8, 4) is 0 Å². The van der Waals surface area contributed by atoms with Gasteiger partial charge in [-0.25, -0.2) is 17.6 Å². The Labute approximate surface area is 612 Å². The third kappa shape index (κ3) is 20.4. The van der Waals surface area contributed by atoms with E-state index < -0.39 is 237 Å². The van der Waals surface area contributed by atoms with Gasteiger partial charge in [0, 0.05) is 94.3 Å². The van der Waals surface area contributed by atoms with Crippen molar-refractivity contribution in [1.82, 2.24) is 60.0 Å². The Bertz CT molecular complexity index is 3130. The minimum absolute atomic E-state index is 0.0436. The van der Waals surface area contributed by atoms with Gasteiger partial charge in [-0.15, -0.1) is 0 Å². The first-order valence-electron chi connectivity index (χ1n) is 37.7. The number of carbonyl (C=O) groups is 12. The third-order valence-corrected chi connectivity index (χ3v) is 23.6. The molecule has 7 aliphatic rings. The highest BCUT2D eigenvalue weighted by Crippen LogP contribution is 2.45. The fourth-order valence-electron chi connectivity index (χ4n) is 16.3. The van der Waals surface area contributed by atoms with Crippen molar-refractivity contribution in [2.45, 2.75) is 261 Å². The molecule has 592 valence electrons. The van der Waals surface area contributed by atoms with Crippen LogP contribution in [0.4, 0.5) is 30.7 Å². The number of halogens is 7. The van der Waals surface area contributed by atoms with Gasteiger partial charge < -0.3 is 64.8 Å². The predicted octanol–water partition coefficient (Wildman–Crippen LogP) is 5.56. The van der Waals surface area contributed by atoms with Crippen molar-refractivity contribution < 1.29 is 93.0 Å². The molecule has 3 N–H and O–H groups in total. The van der Waals surface area contributed by atoms with E-state index in [4.69, 9.17) is 4.74 Å². The Morgan fingerprint density at radius 3 is 1.84 bits per heavy atom. The van der Waals surface area contributed by atoms with E-state index in [9.17, 15) is 50.7 Å². The normalized spacial score (nSPS) is 31.5. The van der Waals surface area contributed by atoms with Crippen LogP contribution in [0.1, 0.15) is 176 Å². The molecule has 7 rings (SSSR count). The Hall–Kier alpha value is -7.15. The second-order valence-electron chi connectivity index (χ2n) is 30.6. The van der Waals surface area contributed by atoms with Crippen molar-refractivity contribution in [3.05, 3.63) is 12.2 Å². The number of ether oxygens (including phenoxy) is 1. The first-order chi connectivity index (χ1) is 49.3. The van der Waals surface area contributed by atoms with Crippen LogP contribution in [0.3, 0.4) is 0 Å². The standard InChI is InChI=1S/C73H113F7N12O13/c1-13-43(5)60-68(102)85(8)42-58(95)87(10)52-23-18-17-19-34-91(67(52)101)55(37-45-26-30-72(76,77)31-27-45)65(99)84(7)41-56(93)81-51(25-24-46-35-49(74)59(50(75)36-46)73(78,79)80)64(98)92-40-48(105-16-4)38-53(92)63(97)83-71(28-22-29-71)70(104)89(12)61(47(14-2)15-3)69(103)88(11)54(66(100)90-32-20-21-33-90)39-57(94)86(9)44(6)62(96)82-60/h17-18,43-55,59-61H,13-16,19-42H2,1-12H3,(H,81,93)(H,82,96)(H,83,97)/b18-17-/t43-,44-,46?,48+,49?,50?,51-,52-,53-,54-,55-,59?,60-,61-/m0/s1. The molecule has 3 saturated carbocycles. The highest BCUT2D eigenvalue weighted by Gasteiger charge is 2.56. The minimum atomic E-state index is -5.21. The van der Waals surface area contributed by atoms with Crippen molar-refractivity contribution in [3.63, 3.8) is 0 Å². The molecule has 0 aromatic heterocycles. The number of likely N-dealkylation sites (N-methyl/N-ethyl adjacent to an activating group) is 6. The number of carbonyl (C=O) groups excluding carboxylic acids is 12. The first kappa shape index (κ1) is 85.1. The lowest BCUT2D eigenvalue weighted by molar-refractivity contribution is -0.219. The molecule has 0 aromatic carbocycles. The summed E-state index contributed by atoms with van der Waals surface area (Å²) in [6, 6.07) is -11.3. The summed E-state index contributed by atoms with van der Waals surface area (Å²) in [4.78, 5) is 191. The zero-order valence-electron chi connectivity index (χ0n) is 63.2. The Morgan fingerprint density at radius 1 is 0.648 bits per heavy atom. The highest BCUT2D eigenvalue weighted by molar-refractivity contribution is 6.01. The number of fused-ring (bicyclic) bond motifs is 3. The molecule has 4 heterocycles. The van der Waals surface area contributed by atoms with Gasteiger partial charge in [0.15, 0.2) is 0 Å². The number of nitrogens with one attached hydrogen (secondary N) is 3. The van der Waals surface area contributed by atoms with E-state index in [1.165, 1.54) is 59.0 Å². The molecule has 6 fully saturated rings. The van der Waals surface area contributed by atoms with Gasteiger partial charge in [0.2, 0.25) is 76.8 Å². The average molecular weight is 1500 g/mol. The number of rotatable bonds is 13. The first-order valence-corrected chi connectivity index (χ1v) is 37.7. The average Bonchev–Trinajstić information content (AvgIpc) is 1.58. The molecule has 0 aromatic rings. The number of nitrogens with zero attached hydrogens (tertiary/aromatic N) is 9. The summed E-state index contributed by atoms with van der Waals surface area (Å²) < 4.78 is 108. The SMILES string of the molecule is CCO[C@@H]1C[C@H]2C(=O)NC3(CCC3)C(=O)N(C)[C@@H](C(CC)CC)C(=O)N(C)[C@H](C(=O)N3CCCC3)CC(=O)N(C)[C@@H](C)C(=O)N[C@@H]([C@@H](C)CC)C(=O)N(C)CC(=O)N(C)[C@H]3C/C=C\CCN(C3=O)[C@@H](CC3CCC(F)(F)CC3)C(=O)N(C)CC(=O)N[C@@H](CCC3CC(F)C(C(F)(F)F)C(F)C3)C(=O)N2C1. The molecule has 3 saturated heterocycles. The third-order valence-electron chi connectivity index (χ3n) is 23.6. The van der Waals surface area contributed by atoms with E-state index >= 15 is 37.5 Å². The summed E-state index contributed by atoms with van der Waals surface area (Å²) in [6.07, 6.45) is -9.32. The number of hydrogen-bond acceptors (Lipinski definition) is 13. The number of hydrogen-bond donors (Lipinski definition) is 3. The van der Waals surface area contributed by atoms with E-state index in [-0.39, 0.29) is 77.5 Å². The fraction of sp³-hybridized carbons (Fsp3) is 0.808. The summed E-state index contributed by atoms with van der Waals surface area (Å²) in [6.45, 7) is 9.05. The van der Waals surface area contributed by atoms with E-state index in [1.54, 1.807) is 37.8 Å². The monoisotopic (exact) mass is 1500 g/mol. The van der Waals surface area contributed by atoms with Crippen LogP contribution >= 0.6 is 0 Å². The predicted molar refractivity (Wildman–Crippen MR) is 372 cm³/mol. The lowest BCUT2D eigenvalue weighted by Gasteiger charge is -2.47. The van der Waals surface area contributed by atoms with Gasteiger partial charge in [-0.1, -0.05) is 59.1 Å². The molecule has 2 unspecified atom stereocenters. The van der Waals surface area contributed by atoms with Crippen LogP contribution in [0.5, 0.6) is 0 Å². The molecule has 4 aliphatic heterocycles. The maximum atomic E-state index is 15.5. The molecule has 12 amide bonds. The molecular weight excluding hydrogens is 1390 g/mol. The van der Waals surface area contributed by atoms with Gasteiger partial charge in [0.1, 0.15) is 72.1 Å². The Morgan fingerprint density at radius 2 is 1.27 bits per heavy atom. The van der Waals surface area contributed by atoms with Gasteiger partial charge in [-0.2, -0.15) is 13.2 Å². The van der Waals surface area contributed by atoms with Crippen LogP contribution in [-0.4, -0.2) is 288 Å². The summed E-state index contributed by atoms with van der Waals surface area (Å²) in [5.41, 5.74) is -1.69. The number of alkyl halides is 7. The largest absolute Gasteiger partial charge is 0.397 e. The second kappa shape index (κ2) is 36.6. The van der Waals surface area contributed by atoms with E-state index in [2.05, 4.69) is 16.0 Å². The molecule has 105 heavy (non-hydrogen) atoms. The maximum Gasteiger partial charge on any atom is 0.397 e. The van der Waals surface area contributed by atoms with Crippen molar-refractivity contribution in [1.29, 1.82) is 0 Å². The van der Waals surface area contributed by atoms with Gasteiger partial charge in [0.25, 0.3) is 0 Å². The molecule has 25 nitrogen and oxygen atoms in total. The quantitative estimate of drug-likeness (QED) is 0.151. The summed E-state index contributed by atoms with van der Waals surface area (Å²) in [5, 5.41) is 8.34. The highest BCUT2D eigenvalue weighted by atomic mass is 19.4. The second-order valence-corrected chi connectivity index (χ2v) is 30.6. The van der Waals surface area contributed by atoms with Crippen molar-refractivity contribution in [2.24, 2.45) is 29.6 Å². The van der Waals surface area contributed by atoms with Crippen LogP contribution in [0.15, 0.2) is 12.2 Å². The minimum Gasteiger partial charge on any atom is -0.377 e.